The van der Waals surface area contributed by atoms with Gasteiger partial charge in [-0.3, -0.25) is 0 Å². The van der Waals surface area contributed by atoms with Crippen molar-refractivity contribution in [3.8, 4) is 17.0 Å². The molecule has 0 saturated carbocycles. The fraction of sp³-hybridized carbons (Fsp3) is 0.375. The second-order valence-corrected chi connectivity index (χ2v) is 5.97. The van der Waals surface area contributed by atoms with E-state index in [0.29, 0.717) is 11.8 Å². The lowest BCUT2D eigenvalue weighted by molar-refractivity contribution is 0.341. The van der Waals surface area contributed by atoms with Gasteiger partial charge in [0.2, 0.25) is 0 Å². The molecule has 0 amide bonds. The number of para-hydroxylation sites is 1. The third-order valence-electron chi connectivity index (χ3n) is 2.83. The molecule has 0 aliphatic rings. The molecule has 0 saturated heterocycles. The van der Waals surface area contributed by atoms with E-state index in [-0.39, 0.29) is 5.41 Å². The summed E-state index contributed by atoms with van der Waals surface area (Å²) < 4.78 is 5.65. The quantitative estimate of drug-likeness (QED) is 0.781. The summed E-state index contributed by atoms with van der Waals surface area (Å²) >= 11 is 6.14. The van der Waals surface area contributed by atoms with Gasteiger partial charge >= 0.3 is 0 Å². The van der Waals surface area contributed by atoms with Crippen LogP contribution in [-0.2, 0) is 5.41 Å². The van der Waals surface area contributed by atoms with Gasteiger partial charge in [-0.2, -0.15) is 0 Å². The average molecular weight is 291 g/mol. The molecule has 1 heterocycles. The van der Waals surface area contributed by atoms with E-state index in [9.17, 15) is 0 Å². The molecule has 2 rings (SSSR count). The van der Waals surface area contributed by atoms with Crippen LogP contribution in [0, 0.1) is 0 Å². The standard InChI is InChI=1S/C16H19ClN2O/c1-5-20-13-9-7-6-8-11(13)12-10-14(17)19-15(18-12)16(2,3)4/h6-10H,5H2,1-4H3. The predicted octanol–water partition coefficient (Wildman–Crippen LogP) is 4.49. The molecule has 1 aromatic carbocycles. The number of hydrogen-bond acceptors (Lipinski definition) is 3. The first-order valence-corrected chi connectivity index (χ1v) is 7.07. The molecule has 20 heavy (non-hydrogen) atoms. The number of ether oxygens (including phenoxy) is 1. The van der Waals surface area contributed by atoms with Gasteiger partial charge in [0.1, 0.15) is 16.7 Å². The van der Waals surface area contributed by atoms with Gasteiger partial charge in [-0.25, -0.2) is 9.97 Å². The van der Waals surface area contributed by atoms with E-state index in [1.165, 1.54) is 0 Å². The topological polar surface area (TPSA) is 35.0 Å². The minimum Gasteiger partial charge on any atom is -0.493 e. The van der Waals surface area contributed by atoms with Gasteiger partial charge in [0.25, 0.3) is 0 Å². The zero-order chi connectivity index (χ0) is 14.8. The summed E-state index contributed by atoms with van der Waals surface area (Å²) in [5, 5.41) is 0.450. The highest BCUT2D eigenvalue weighted by Gasteiger charge is 2.20. The highest BCUT2D eigenvalue weighted by Crippen LogP contribution is 2.31. The van der Waals surface area contributed by atoms with Crippen molar-refractivity contribution in [1.29, 1.82) is 0 Å². The molecule has 0 bridgehead atoms. The van der Waals surface area contributed by atoms with Crippen LogP contribution < -0.4 is 4.74 Å². The Bertz CT molecular complexity index is 606. The first kappa shape index (κ1) is 14.8. The maximum absolute atomic E-state index is 6.14. The molecule has 1 aromatic heterocycles. The lowest BCUT2D eigenvalue weighted by Gasteiger charge is -2.18. The number of nitrogens with zero attached hydrogens (tertiary/aromatic N) is 2. The van der Waals surface area contributed by atoms with E-state index in [0.717, 1.165) is 22.8 Å². The van der Waals surface area contributed by atoms with Crippen LogP contribution in [-0.4, -0.2) is 16.6 Å². The lowest BCUT2D eigenvalue weighted by atomic mass is 9.95. The van der Waals surface area contributed by atoms with Crippen molar-refractivity contribution in [2.24, 2.45) is 0 Å². The predicted molar refractivity (Wildman–Crippen MR) is 82.3 cm³/mol. The summed E-state index contributed by atoms with van der Waals surface area (Å²) in [6, 6.07) is 9.60. The van der Waals surface area contributed by atoms with E-state index in [1.807, 2.05) is 31.2 Å². The second-order valence-electron chi connectivity index (χ2n) is 5.58. The van der Waals surface area contributed by atoms with E-state index < -0.39 is 0 Å². The third kappa shape index (κ3) is 3.28. The number of benzene rings is 1. The minimum absolute atomic E-state index is 0.153. The highest BCUT2D eigenvalue weighted by molar-refractivity contribution is 6.29. The van der Waals surface area contributed by atoms with Crippen LogP contribution in [0.25, 0.3) is 11.3 Å². The molecule has 0 atom stereocenters. The van der Waals surface area contributed by atoms with Gasteiger partial charge in [-0.15, -0.1) is 0 Å². The number of halogens is 1. The Morgan fingerprint density at radius 2 is 1.85 bits per heavy atom. The zero-order valence-corrected chi connectivity index (χ0v) is 13.0. The summed E-state index contributed by atoms with van der Waals surface area (Å²) in [4.78, 5) is 8.96. The van der Waals surface area contributed by atoms with Gasteiger partial charge < -0.3 is 4.74 Å². The second kappa shape index (κ2) is 5.80. The van der Waals surface area contributed by atoms with Crippen molar-refractivity contribution in [3.63, 3.8) is 0 Å². The van der Waals surface area contributed by atoms with Crippen molar-refractivity contribution >= 4 is 11.6 Å². The van der Waals surface area contributed by atoms with E-state index in [1.54, 1.807) is 6.07 Å². The van der Waals surface area contributed by atoms with Crippen LogP contribution in [0.2, 0.25) is 5.15 Å². The monoisotopic (exact) mass is 290 g/mol. The average Bonchev–Trinajstić information content (AvgIpc) is 2.38. The van der Waals surface area contributed by atoms with Crippen LogP contribution in [0.1, 0.15) is 33.5 Å². The van der Waals surface area contributed by atoms with Crippen LogP contribution >= 0.6 is 11.6 Å². The molecule has 0 N–H and O–H groups in total. The van der Waals surface area contributed by atoms with Crippen molar-refractivity contribution < 1.29 is 4.74 Å². The number of aromatic nitrogens is 2. The van der Waals surface area contributed by atoms with E-state index in [4.69, 9.17) is 16.3 Å². The van der Waals surface area contributed by atoms with Crippen LogP contribution in [0.3, 0.4) is 0 Å². The Kier molecular flexibility index (Phi) is 4.29. The van der Waals surface area contributed by atoms with Gasteiger partial charge in [0.05, 0.1) is 12.3 Å². The Morgan fingerprint density at radius 1 is 1.15 bits per heavy atom. The largest absolute Gasteiger partial charge is 0.493 e. The maximum atomic E-state index is 6.14. The van der Waals surface area contributed by atoms with Crippen LogP contribution in [0.15, 0.2) is 30.3 Å². The molecule has 0 unspecified atom stereocenters. The molecule has 0 aliphatic heterocycles. The molecular formula is C16H19ClN2O. The molecule has 0 spiro atoms. The van der Waals surface area contributed by atoms with Gasteiger partial charge in [-0.05, 0) is 19.1 Å². The number of hydrogen-bond donors (Lipinski definition) is 0. The number of rotatable bonds is 3. The summed E-state index contributed by atoms with van der Waals surface area (Å²) in [7, 11) is 0. The fourth-order valence-corrected chi connectivity index (χ4v) is 2.03. The minimum atomic E-state index is -0.153. The SMILES string of the molecule is CCOc1ccccc1-c1cc(Cl)nc(C(C)(C)C)n1. The van der Waals surface area contributed by atoms with Crippen molar-refractivity contribution in [1.82, 2.24) is 9.97 Å². The molecule has 4 heteroatoms. The normalized spacial score (nSPS) is 11.4. The Labute approximate surface area is 125 Å². The summed E-state index contributed by atoms with van der Waals surface area (Å²) in [5.41, 5.74) is 1.57. The highest BCUT2D eigenvalue weighted by atomic mass is 35.5. The first-order valence-electron chi connectivity index (χ1n) is 6.69. The Morgan fingerprint density at radius 3 is 2.50 bits per heavy atom. The zero-order valence-electron chi connectivity index (χ0n) is 12.3. The van der Waals surface area contributed by atoms with E-state index >= 15 is 0 Å². The van der Waals surface area contributed by atoms with Crippen molar-refractivity contribution in [3.05, 3.63) is 41.3 Å². The molecule has 2 aromatic rings. The Hall–Kier alpha value is -1.61. The van der Waals surface area contributed by atoms with Crippen molar-refractivity contribution in [2.45, 2.75) is 33.1 Å². The van der Waals surface area contributed by atoms with Gasteiger partial charge in [0, 0.05) is 17.0 Å². The molecule has 106 valence electrons. The molecule has 0 aliphatic carbocycles. The van der Waals surface area contributed by atoms with Crippen LogP contribution in [0.4, 0.5) is 0 Å². The lowest BCUT2D eigenvalue weighted by Crippen LogP contribution is -2.16. The fourth-order valence-electron chi connectivity index (χ4n) is 1.85. The summed E-state index contributed by atoms with van der Waals surface area (Å²) in [5.74, 6) is 1.54. The molecule has 0 radical (unpaired) electrons. The van der Waals surface area contributed by atoms with Gasteiger partial charge in [-0.1, -0.05) is 44.5 Å². The van der Waals surface area contributed by atoms with Crippen LogP contribution in [0.5, 0.6) is 5.75 Å². The maximum Gasteiger partial charge on any atom is 0.136 e. The first-order chi connectivity index (χ1) is 9.41. The molecular weight excluding hydrogens is 272 g/mol. The smallest absolute Gasteiger partial charge is 0.136 e. The van der Waals surface area contributed by atoms with Crippen molar-refractivity contribution in [2.75, 3.05) is 6.61 Å². The van der Waals surface area contributed by atoms with E-state index in [2.05, 4.69) is 30.7 Å². The Balaban J connectivity index is 2.56. The molecule has 0 fully saturated rings. The molecule has 3 nitrogen and oxygen atoms in total. The summed E-state index contributed by atoms with van der Waals surface area (Å²) in [6.07, 6.45) is 0. The summed E-state index contributed by atoms with van der Waals surface area (Å²) in [6.45, 7) is 8.77. The van der Waals surface area contributed by atoms with Gasteiger partial charge in [0.15, 0.2) is 0 Å². The third-order valence-corrected chi connectivity index (χ3v) is 3.02.